The van der Waals surface area contributed by atoms with Crippen molar-refractivity contribution < 1.29 is 18.0 Å². The van der Waals surface area contributed by atoms with Crippen molar-refractivity contribution in [2.45, 2.75) is 19.5 Å². The Morgan fingerprint density at radius 3 is 2.33 bits per heavy atom. The summed E-state index contributed by atoms with van der Waals surface area (Å²) in [6.45, 7) is 1.67. The smallest absolute Gasteiger partial charge is 0.242 e. The number of hydrogen-bond donors (Lipinski definition) is 1. The number of nitrogens with zero attached hydrogens (tertiary/aromatic N) is 1. The summed E-state index contributed by atoms with van der Waals surface area (Å²) in [4.78, 5) is 14.3. The van der Waals surface area contributed by atoms with Gasteiger partial charge in [-0.05, 0) is 38.2 Å². The zero-order valence-electron chi connectivity index (χ0n) is 13.7. The number of hydrogen-bond acceptors (Lipinski definition) is 2. The highest BCUT2D eigenvalue weighted by Gasteiger charge is 2.24. The van der Waals surface area contributed by atoms with E-state index in [1.807, 2.05) is 31.2 Å². The zero-order chi connectivity index (χ0) is 17.9. The van der Waals surface area contributed by atoms with Crippen LogP contribution in [0.1, 0.15) is 22.7 Å². The molecule has 0 aromatic heterocycles. The number of amides is 1. The molecule has 0 saturated heterocycles. The molecule has 3 nitrogen and oxygen atoms in total. The van der Waals surface area contributed by atoms with Gasteiger partial charge in [0.05, 0.1) is 0 Å². The number of aryl methyl sites for hydroxylation is 1. The Bertz CT molecular complexity index is 747. The summed E-state index contributed by atoms with van der Waals surface area (Å²) >= 11 is 0. The van der Waals surface area contributed by atoms with Crippen LogP contribution >= 0.6 is 0 Å². The molecule has 0 heterocycles. The fourth-order valence-electron chi connectivity index (χ4n) is 2.53. The van der Waals surface area contributed by atoms with E-state index in [4.69, 9.17) is 0 Å². The van der Waals surface area contributed by atoms with Gasteiger partial charge in [-0.3, -0.25) is 9.69 Å². The number of carbonyl (C=O) groups excluding carboxylic acids is 1. The molecule has 1 unspecified atom stereocenters. The van der Waals surface area contributed by atoms with Gasteiger partial charge in [-0.2, -0.15) is 0 Å². The van der Waals surface area contributed by atoms with E-state index in [0.717, 1.165) is 17.2 Å². The molecule has 0 aliphatic heterocycles. The van der Waals surface area contributed by atoms with E-state index in [2.05, 4.69) is 5.32 Å². The molecule has 24 heavy (non-hydrogen) atoms. The van der Waals surface area contributed by atoms with Crippen molar-refractivity contribution in [1.82, 2.24) is 10.2 Å². The average Bonchev–Trinajstić information content (AvgIpc) is 2.51. The number of rotatable bonds is 5. The lowest BCUT2D eigenvalue weighted by atomic mass is 9.99. The SMILES string of the molecule is Cc1ccccc1C(C(=O)NCc1cc(F)c(F)cc1F)N(C)C. The minimum Gasteiger partial charge on any atom is -0.350 e. The molecule has 0 saturated carbocycles. The highest BCUT2D eigenvalue weighted by molar-refractivity contribution is 5.83. The van der Waals surface area contributed by atoms with Gasteiger partial charge in [-0.25, -0.2) is 13.2 Å². The second kappa shape index (κ2) is 7.49. The monoisotopic (exact) mass is 336 g/mol. The molecule has 1 amide bonds. The summed E-state index contributed by atoms with van der Waals surface area (Å²) in [6, 6.07) is 8.11. The highest BCUT2D eigenvalue weighted by atomic mass is 19.2. The van der Waals surface area contributed by atoms with Crippen molar-refractivity contribution in [3.63, 3.8) is 0 Å². The van der Waals surface area contributed by atoms with Gasteiger partial charge >= 0.3 is 0 Å². The van der Waals surface area contributed by atoms with Crippen LogP contribution in [0.3, 0.4) is 0 Å². The van der Waals surface area contributed by atoms with Crippen LogP contribution in [0.5, 0.6) is 0 Å². The molecular formula is C18H19F3N2O. The second-order valence-electron chi connectivity index (χ2n) is 5.80. The average molecular weight is 336 g/mol. The second-order valence-corrected chi connectivity index (χ2v) is 5.80. The minimum atomic E-state index is -1.26. The first-order chi connectivity index (χ1) is 11.3. The summed E-state index contributed by atoms with van der Waals surface area (Å²) in [7, 11) is 3.52. The van der Waals surface area contributed by atoms with Crippen LogP contribution in [-0.4, -0.2) is 24.9 Å². The van der Waals surface area contributed by atoms with E-state index in [9.17, 15) is 18.0 Å². The van der Waals surface area contributed by atoms with Crippen molar-refractivity contribution in [2.24, 2.45) is 0 Å². The molecule has 128 valence electrons. The van der Waals surface area contributed by atoms with Crippen LogP contribution in [0.15, 0.2) is 36.4 Å². The molecule has 1 atom stereocenters. The van der Waals surface area contributed by atoms with E-state index in [-0.39, 0.29) is 18.0 Å². The first-order valence-electron chi connectivity index (χ1n) is 7.44. The quantitative estimate of drug-likeness (QED) is 0.850. The van der Waals surface area contributed by atoms with Gasteiger partial charge in [0.1, 0.15) is 11.9 Å². The largest absolute Gasteiger partial charge is 0.350 e. The van der Waals surface area contributed by atoms with Crippen molar-refractivity contribution in [1.29, 1.82) is 0 Å². The van der Waals surface area contributed by atoms with Gasteiger partial charge in [0.15, 0.2) is 11.6 Å². The molecule has 0 bridgehead atoms. The molecule has 6 heteroatoms. The Morgan fingerprint density at radius 1 is 1.08 bits per heavy atom. The van der Waals surface area contributed by atoms with Crippen molar-refractivity contribution in [2.75, 3.05) is 14.1 Å². The molecule has 2 aromatic rings. The molecule has 0 radical (unpaired) electrons. The maximum atomic E-state index is 13.7. The Morgan fingerprint density at radius 2 is 1.71 bits per heavy atom. The molecule has 0 aliphatic carbocycles. The van der Waals surface area contributed by atoms with Crippen LogP contribution in [0, 0.1) is 24.4 Å². The van der Waals surface area contributed by atoms with Gasteiger partial charge in [0, 0.05) is 18.2 Å². The fraction of sp³-hybridized carbons (Fsp3) is 0.278. The number of nitrogens with one attached hydrogen (secondary N) is 1. The molecule has 1 N–H and O–H groups in total. The molecule has 0 aliphatic rings. The van der Waals surface area contributed by atoms with Crippen LogP contribution in [0.2, 0.25) is 0 Å². The van der Waals surface area contributed by atoms with Crippen LogP contribution in [-0.2, 0) is 11.3 Å². The predicted octanol–water partition coefficient (Wildman–Crippen LogP) is 3.33. The molecular weight excluding hydrogens is 317 g/mol. The van der Waals surface area contributed by atoms with E-state index in [1.54, 1.807) is 19.0 Å². The van der Waals surface area contributed by atoms with Crippen molar-refractivity contribution >= 4 is 5.91 Å². The van der Waals surface area contributed by atoms with E-state index in [0.29, 0.717) is 6.07 Å². The third-order valence-electron chi connectivity index (χ3n) is 3.79. The maximum absolute atomic E-state index is 13.7. The van der Waals surface area contributed by atoms with Gasteiger partial charge in [0.2, 0.25) is 5.91 Å². The van der Waals surface area contributed by atoms with E-state index >= 15 is 0 Å². The normalized spacial score (nSPS) is 12.3. The Kier molecular flexibility index (Phi) is 5.62. The summed E-state index contributed by atoms with van der Waals surface area (Å²) in [6.07, 6.45) is 0. The topological polar surface area (TPSA) is 32.3 Å². The van der Waals surface area contributed by atoms with Crippen molar-refractivity contribution in [3.8, 4) is 0 Å². The van der Waals surface area contributed by atoms with Gasteiger partial charge in [0.25, 0.3) is 0 Å². The number of carbonyl (C=O) groups is 1. The van der Waals surface area contributed by atoms with Crippen LogP contribution in [0.25, 0.3) is 0 Å². The van der Waals surface area contributed by atoms with Gasteiger partial charge in [-0.15, -0.1) is 0 Å². The molecule has 2 aromatic carbocycles. The fourth-order valence-corrected chi connectivity index (χ4v) is 2.53. The summed E-state index contributed by atoms with van der Waals surface area (Å²) in [5, 5.41) is 2.58. The predicted molar refractivity (Wildman–Crippen MR) is 85.8 cm³/mol. The van der Waals surface area contributed by atoms with Crippen molar-refractivity contribution in [3.05, 3.63) is 70.5 Å². The Labute approximate surface area is 139 Å². The number of likely N-dealkylation sites (N-methyl/N-ethyl adjacent to an activating group) is 1. The lowest BCUT2D eigenvalue weighted by Gasteiger charge is -2.25. The Hall–Kier alpha value is -2.34. The third kappa shape index (κ3) is 3.94. The number of benzene rings is 2. The van der Waals surface area contributed by atoms with Crippen LogP contribution in [0.4, 0.5) is 13.2 Å². The summed E-state index contributed by atoms with van der Waals surface area (Å²) in [5.74, 6) is -3.65. The third-order valence-corrected chi connectivity index (χ3v) is 3.79. The molecule has 2 rings (SSSR count). The highest BCUT2D eigenvalue weighted by Crippen LogP contribution is 2.22. The molecule has 0 spiro atoms. The number of halogens is 3. The first-order valence-corrected chi connectivity index (χ1v) is 7.44. The summed E-state index contributed by atoms with van der Waals surface area (Å²) < 4.78 is 39.8. The molecule has 0 fully saturated rings. The summed E-state index contributed by atoms with van der Waals surface area (Å²) in [5.41, 5.74) is 1.67. The lowest BCUT2D eigenvalue weighted by molar-refractivity contribution is -0.126. The van der Waals surface area contributed by atoms with E-state index < -0.39 is 23.5 Å². The lowest BCUT2D eigenvalue weighted by Crippen LogP contribution is -2.37. The standard InChI is InChI=1S/C18H19F3N2O/c1-11-6-4-5-7-13(11)17(23(2)3)18(24)22-10-12-8-15(20)16(21)9-14(12)19/h4-9,17H,10H2,1-3H3,(H,22,24). The zero-order valence-corrected chi connectivity index (χ0v) is 13.7. The first kappa shape index (κ1) is 18.0. The van der Waals surface area contributed by atoms with Crippen LogP contribution < -0.4 is 5.32 Å². The minimum absolute atomic E-state index is 0.107. The Balaban J connectivity index is 2.18. The van der Waals surface area contributed by atoms with E-state index in [1.165, 1.54) is 0 Å². The van der Waals surface area contributed by atoms with Gasteiger partial charge in [-0.1, -0.05) is 24.3 Å². The van der Waals surface area contributed by atoms with Gasteiger partial charge < -0.3 is 5.32 Å². The maximum Gasteiger partial charge on any atom is 0.242 e.